The highest BCUT2D eigenvalue weighted by molar-refractivity contribution is 7.88. The van der Waals surface area contributed by atoms with Crippen LogP contribution < -0.4 is 5.32 Å². The topological polar surface area (TPSA) is 92.8 Å². The highest BCUT2D eigenvalue weighted by Crippen LogP contribution is 2.36. The van der Waals surface area contributed by atoms with Crippen molar-refractivity contribution in [2.75, 3.05) is 26.3 Å². The summed E-state index contributed by atoms with van der Waals surface area (Å²) in [5.41, 5.74) is 4.64. The highest BCUT2D eigenvalue weighted by atomic mass is 32.2. The number of ether oxygens (including phenoxy) is 1. The van der Waals surface area contributed by atoms with Gasteiger partial charge in [0.15, 0.2) is 5.78 Å². The maximum absolute atomic E-state index is 12.9. The summed E-state index contributed by atoms with van der Waals surface area (Å²) in [4.78, 5) is 25.6. The lowest BCUT2D eigenvalue weighted by Crippen LogP contribution is -2.41. The summed E-state index contributed by atoms with van der Waals surface area (Å²) in [6, 6.07) is 19.7. The number of nitrogens with one attached hydrogen (secondary N) is 1. The van der Waals surface area contributed by atoms with E-state index in [2.05, 4.69) is 5.32 Å². The number of ketones is 1. The number of hydrogen-bond acceptors (Lipinski definition) is 5. The molecule has 0 radical (unpaired) electrons. The quantitative estimate of drug-likeness (QED) is 0.462. The molecule has 5 rings (SSSR count). The third kappa shape index (κ3) is 4.27. The summed E-state index contributed by atoms with van der Waals surface area (Å²) < 4.78 is 32.4. The highest BCUT2D eigenvalue weighted by Gasteiger charge is 2.28. The molecule has 0 spiro atoms. The number of fused-ring (bicyclic) bond motifs is 3. The number of carbonyl (C=O) groups excluding carboxylic acids is 2. The van der Waals surface area contributed by atoms with Crippen LogP contribution in [0.1, 0.15) is 37.4 Å². The Hall–Kier alpha value is -3.33. The van der Waals surface area contributed by atoms with E-state index < -0.39 is 10.0 Å². The molecule has 1 heterocycles. The third-order valence-corrected chi connectivity index (χ3v) is 8.08. The van der Waals surface area contributed by atoms with Gasteiger partial charge < -0.3 is 10.1 Å². The standard InChI is InChI=1S/C26H24N2O5S/c29-25-23-8-4-3-7-21(23)22-10-9-18(15-24(22)25)26(30)27-16-19-5-1-2-6-20(19)17-34(31,32)28-11-13-33-14-12-28/h1-10,15H,11-14,16-17H2,(H,27,30). The molecule has 0 saturated carbocycles. The van der Waals surface area contributed by atoms with Gasteiger partial charge in [0.1, 0.15) is 0 Å². The number of sulfonamides is 1. The van der Waals surface area contributed by atoms with Crippen molar-refractivity contribution in [1.29, 1.82) is 0 Å². The van der Waals surface area contributed by atoms with Crippen LogP contribution in [0.15, 0.2) is 66.7 Å². The molecule has 1 aliphatic heterocycles. The van der Waals surface area contributed by atoms with Gasteiger partial charge in [-0.25, -0.2) is 8.42 Å². The van der Waals surface area contributed by atoms with Gasteiger partial charge in [-0.3, -0.25) is 9.59 Å². The van der Waals surface area contributed by atoms with E-state index in [1.807, 2.05) is 30.3 Å². The molecule has 1 saturated heterocycles. The van der Waals surface area contributed by atoms with Crippen molar-refractivity contribution in [3.63, 3.8) is 0 Å². The number of amides is 1. The lowest BCUT2D eigenvalue weighted by Gasteiger charge is -2.26. The first-order chi connectivity index (χ1) is 16.4. The maximum Gasteiger partial charge on any atom is 0.251 e. The van der Waals surface area contributed by atoms with Crippen molar-refractivity contribution in [2.24, 2.45) is 0 Å². The van der Waals surface area contributed by atoms with Crippen LogP contribution in [0.3, 0.4) is 0 Å². The zero-order valence-electron chi connectivity index (χ0n) is 18.5. The van der Waals surface area contributed by atoms with Crippen molar-refractivity contribution in [3.05, 3.63) is 94.5 Å². The number of hydrogen-bond donors (Lipinski definition) is 1. The summed E-state index contributed by atoms with van der Waals surface area (Å²) in [6.07, 6.45) is 0. The van der Waals surface area contributed by atoms with E-state index >= 15 is 0 Å². The molecule has 3 aromatic carbocycles. The van der Waals surface area contributed by atoms with Gasteiger partial charge in [-0.2, -0.15) is 4.31 Å². The zero-order valence-corrected chi connectivity index (χ0v) is 19.3. The Labute approximate surface area is 198 Å². The van der Waals surface area contributed by atoms with Gasteiger partial charge in [-0.05, 0) is 34.4 Å². The van der Waals surface area contributed by atoms with Crippen LogP contribution >= 0.6 is 0 Å². The van der Waals surface area contributed by atoms with Crippen LogP contribution in [-0.2, 0) is 27.1 Å². The molecule has 0 aromatic heterocycles. The van der Waals surface area contributed by atoms with Crippen molar-refractivity contribution in [3.8, 4) is 11.1 Å². The Bertz CT molecular complexity index is 1380. The minimum atomic E-state index is -3.49. The van der Waals surface area contributed by atoms with E-state index in [9.17, 15) is 18.0 Å². The molecule has 1 amide bonds. The van der Waals surface area contributed by atoms with Crippen LogP contribution in [0.5, 0.6) is 0 Å². The first kappa shape index (κ1) is 22.5. The van der Waals surface area contributed by atoms with E-state index in [0.29, 0.717) is 48.6 Å². The Morgan fingerprint density at radius 2 is 1.50 bits per heavy atom. The molecule has 1 fully saturated rings. The Balaban J connectivity index is 1.30. The molecular weight excluding hydrogens is 452 g/mol. The Kier molecular flexibility index (Phi) is 6.03. The van der Waals surface area contributed by atoms with Gasteiger partial charge in [0.05, 0.1) is 19.0 Å². The molecule has 1 N–H and O–H groups in total. The normalized spacial score (nSPS) is 15.6. The lowest BCUT2D eigenvalue weighted by molar-refractivity contribution is 0.0729. The molecule has 0 atom stereocenters. The largest absolute Gasteiger partial charge is 0.379 e. The molecule has 174 valence electrons. The SMILES string of the molecule is O=C(NCc1ccccc1CS(=O)(=O)N1CCOCC1)c1ccc2c(c1)C(=O)c1ccccc1-2. The smallest absolute Gasteiger partial charge is 0.251 e. The van der Waals surface area contributed by atoms with Gasteiger partial charge in [0, 0.05) is 36.3 Å². The maximum atomic E-state index is 12.9. The average Bonchev–Trinajstić information content (AvgIpc) is 3.15. The number of rotatable bonds is 6. The zero-order chi connectivity index (χ0) is 23.7. The molecule has 2 aliphatic rings. The first-order valence-corrected chi connectivity index (χ1v) is 12.7. The van der Waals surface area contributed by atoms with Gasteiger partial charge >= 0.3 is 0 Å². The molecule has 3 aromatic rings. The van der Waals surface area contributed by atoms with Crippen molar-refractivity contribution in [2.45, 2.75) is 12.3 Å². The number of morpholine rings is 1. The minimum absolute atomic E-state index is 0.0843. The van der Waals surface area contributed by atoms with Gasteiger partial charge in [-0.15, -0.1) is 0 Å². The molecule has 0 bridgehead atoms. The lowest BCUT2D eigenvalue weighted by atomic mass is 10.0. The monoisotopic (exact) mass is 476 g/mol. The van der Waals surface area contributed by atoms with Crippen LogP contribution in [0.2, 0.25) is 0 Å². The molecule has 7 nitrogen and oxygen atoms in total. The number of carbonyl (C=O) groups is 2. The van der Waals surface area contributed by atoms with Crippen molar-refractivity contribution < 1.29 is 22.7 Å². The number of nitrogens with zero attached hydrogens (tertiary/aromatic N) is 1. The Morgan fingerprint density at radius 1 is 0.853 bits per heavy atom. The molecule has 0 unspecified atom stereocenters. The summed E-state index contributed by atoms with van der Waals surface area (Å²) in [5.74, 6) is -0.540. The first-order valence-electron chi connectivity index (χ1n) is 11.1. The fourth-order valence-electron chi connectivity index (χ4n) is 4.43. The van der Waals surface area contributed by atoms with Gasteiger partial charge in [0.2, 0.25) is 10.0 Å². The molecule has 1 aliphatic carbocycles. The van der Waals surface area contributed by atoms with E-state index in [1.54, 1.807) is 36.4 Å². The van der Waals surface area contributed by atoms with Gasteiger partial charge in [-0.1, -0.05) is 54.6 Å². The van der Waals surface area contributed by atoms with E-state index in [-0.39, 0.29) is 24.0 Å². The second kappa shape index (κ2) is 9.13. The second-order valence-corrected chi connectivity index (χ2v) is 10.3. The number of benzene rings is 3. The summed E-state index contributed by atoms with van der Waals surface area (Å²) in [5, 5.41) is 2.87. The van der Waals surface area contributed by atoms with Crippen LogP contribution in [0.25, 0.3) is 11.1 Å². The van der Waals surface area contributed by atoms with Crippen molar-refractivity contribution in [1.82, 2.24) is 9.62 Å². The molecule has 8 heteroatoms. The van der Waals surface area contributed by atoms with E-state index in [1.165, 1.54) is 4.31 Å². The average molecular weight is 477 g/mol. The Morgan fingerprint density at radius 3 is 2.26 bits per heavy atom. The van der Waals surface area contributed by atoms with E-state index in [4.69, 9.17) is 4.74 Å². The minimum Gasteiger partial charge on any atom is -0.379 e. The summed E-state index contributed by atoms with van der Waals surface area (Å²) in [6.45, 7) is 1.67. The second-order valence-electron chi connectivity index (χ2n) is 8.35. The van der Waals surface area contributed by atoms with Crippen LogP contribution in [0.4, 0.5) is 0 Å². The fourth-order valence-corrected chi connectivity index (χ4v) is 5.99. The third-order valence-electron chi connectivity index (χ3n) is 6.25. The molecular formula is C26H24N2O5S. The summed E-state index contributed by atoms with van der Waals surface area (Å²) >= 11 is 0. The van der Waals surface area contributed by atoms with Gasteiger partial charge in [0.25, 0.3) is 5.91 Å². The van der Waals surface area contributed by atoms with Crippen LogP contribution in [-0.4, -0.2) is 50.7 Å². The predicted molar refractivity (Wildman–Crippen MR) is 128 cm³/mol. The molecule has 34 heavy (non-hydrogen) atoms. The summed E-state index contributed by atoms with van der Waals surface area (Å²) in [7, 11) is -3.49. The van der Waals surface area contributed by atoms with Crippen molar-refractivity contribution >= 4 is 21.7 Å². The predicted octanol–water partition coefficient (Wildman–Crippen LogP) is 2.99. The fraction of sp³-hybridized carbons (Fsp3) is 0.231. The van der Waals surface area contributed by atoms with E-state index in [0.717, 1.165) is 16.7 Å². The van der Waals surface area contributed by atoms with Crippen LogP contribution in [0, 0.1) is 0 Å².